The van der Waals surface area contributed by atoms with Gasteiger partial charge in [0.25, 0.3) is 0 Å². The number of hydrogen-bond acceptors (Lipinski definition) is 7. The molecular weight excluding hydrogens is 332 g/mol. The van der Waals surface area contributed by atoms with E-state index in [0.29, 0.717) is 37.0 Å². The Balaban J connectivity index is 1.56. The third kappa shape index (κ3) is 3.30. The van der Waals surface area contributed by atoms with Crippen LogP contribution in [-0.2, 0) is 11.3 Å². The van der Waals surface area contributed by atoms with Crippen LogP contribution >= 0.6 is 0 Å². The van der Waals surface area contributed by atoms with Gasteiger partial charge in [0.05, 0.1) is 5.92 Å². The van der Waals surface area contributed by atoms with E-state index in [1.54, 1.807) is 0 Å². The predicted octanol–water partition coefficient (Wildman–Crippen LogP) is 1.28. The number of rotatable bonds is 4. The Morgan fingerprint density at radius 3 is 2.12 bits per heavy atom. The lowest BCUT2D eigenvalue weighted by Gasteiger charge is -2.27. The van der Waals surface area contributed by atoms with Crippen molar-refractivity contribution in [1.82, 2.24) is 9.30 Å². The summed E-state index contributed by atoms with van der Waals surface area (Å²) in [6, 6.07) is 3.50. The Labute approximate surface area is 142 Å². The van der Waals surface area contributed by atoms with Crippen molar-refractivity contribution in [2.24, 2.45) is 11.8 Å². The fourth-order valence-electron chi connectivity index (χ4n) is 3.19. The van der Waals surface area contributed by atoms with Crippen LogP contribution in [0.15, 0.2) is 18.2 Å². The summed E-state index contributed by atoms with van der Waals surface area (Å²) in [5.74, 6) is -2.46. The van der Waals surface area contributed by atoms with E-state index in [2.05, 4.69) is 0 Å². The summed E-state index contributed by atoms with van der Waals surface area (Å²) in [5, 5.41) is 47.8. The molecule has 3 rings (SSSR count). The fraction of sp³-hybridized carbons (Fsp3) is 0.438. The fourth-order valence-corrected chi connectivity index (χ4v) is 3.19. The molecule has 136 valence electrons. The Hall–Kier alpha value is -2.97. The number of nitrogens with zero attached hydrogens (tertiary/aromatic N) is 2. The molecule has 2 aromatic rings. The van der Waals surface area contributed by atoms with E-state index in [1.807, 2.05) is 0 Å². The Bertz CT molecular complexity index is 752. The lowest BCUT2D eigenvalue weighted by molar-refractivity contribution is -0.151. The monoisotopic (exact) mass is 352 g/mol. The maximum Gasteiger partial charge on any atom is 0.336 e. The van der Waals surface area contributed by atoms with Gasteiger partial charge in [-0.3, -0.25) is 4.57 Å². The van der Waals surface area contributed by atoms with Gasteiger partial charge in [0.2, 0.25) is 17.6 Å². The summed E-state index contributed by atoms with van der Waals surface area (Å²) in [7, 11) is 0. The molecule has 0 aliphatic heterocycles. The van der Waals surface area contributed by atoms with Crippen LogP contribution in [0.25, 0.3) is 0 Å². The molecule has 0 radical (unpaired) electrons. The molecule has 1 aliphatic rings. The highest BCUT2D eigenvalue weighted by atomic mass is 16.7. The highest BCUT2D eigenvalue weighted by molar-refractivity contribution is 5.73. The Kier molecular flexibility index (Phi) is 4.39. The highest BCUT2D eigenvalue weighted by Gasteiger charge is 2.30. The molecule has 9 heteroatoms. The van der Waals surface area contributed by atoms with Gasteiger partial charge in [0, 0.05) is 24.7 Å². The molecule has 5 N–H and O–H groups in total. The molecule has 0 amide bonds. The summed E-state index contributed by atoms with van der Waals surface area (Å²) in [5.41, 5.74) is 0. The molecule has 1 saturated carbocycles. The van der Waals surface area contributed by atoms with Crippen molar-refractivity contribution in [1.29, 1.82) is 0 Å². The van der Waals surface area contributed by atoms with Gasteiger partial charge in [-0.05, 0) is 31.6 Å². The van der Waals surface area contributed by atoms with Crippen LogP contribution in [0.4, 0.5) is 0 Å². The average molecular weight is 352 g/mol. The molecule has 0 aromatic carbocycles. The molecule has 1 fully saturated rings. The predicted molar refractivity (Wildman–Crippen MR) is 84.2 cm³/mol. The van der Waals surface area contributed by atoms with Crippen LogP contribution in [0.3, 0.4) is 0 Å². The first-order chi connectivity index (χ1) is 11.9. The van der Waals surface area contributed by atoms with Crippen molar-refractivity contribution in [3.63, 3.8) is 0 Å². The molecule has 9 nitrogen and oxygen atoms in total. The molecule has 0 atom stereocenters. The number of aromatic nitrogens is 2. The zero-order valence-electron chi connectivity index (χ0n) is 13.4. The number of carbonyl (C=O) groups excluding carboxylic acids is 1. The molecule has 2 aromatic heterocycles. The molecule has 2 heterocycles. The van der Waals surface area contributed by atoms with Crippen molar-refractivity contribution in [2.75, 3.05) is 0 Å². The molecular formula is C16H20N2O7. The van der Waals surface area contributed by atoms with Gasteiger partial charge in [-0.25, -0.2) is 4.79 Å². The van der Waals surface area contributed by atoms with Crippen LogP contribution < -0.4 is 4.84 Å². The summed E-state index contributed by atoms with van der Waals surface area (Å²) in [4.78, 5) is 17.2. The normalized spacial score (nSPS) is 20.5. The maximum atomic E-state index is 12.2. The average Bonchev–Trinajstić information content (AvgIpc) is 3.02. The van der Waals surface area contributed by atoms with E-state index in [1.165, 1.54) is 16.7 Å². The number of aromatic hydroxyl groups is 5. The quantitative estimate of drug-likeness (QED) is 0.559. The first-order valence-corrected chi connectivity index (χ1v) is 7.99. The molecule has 0 saturated heterocycles. The number of carbonyl (C=O) groups is 1. The van der Waals surface area contributed by atoms with Gasteiger partial charge in [-0.15, -0.1) is 4.73 Å². The van der Waals surface area contributed by atoms with Gasteiger partial charge in [-0.1, -0.05) is 0 Å². The van der Waals surface area contributed by atoms with Gasteiger partial charge in [0.15, 0.2) is 11.6 Å². The van der Waals surface area contributed by atoms with E-state index < -0.39 is 5.97 Å². The van der Waals surface area contributed by atoms with Crippen molar-refractivity contribution in [3.8, 4) is 29.3 Å². The second kappa shape index (κ2) is 6.50. The van der Waals surface area contributed by atoms with Crippen LogP contribution in [-0.4, -0.2) is 40.8 Å². The van der Waals surface area contributed by atoms with Gasteiger partial charge in [0.1, 0.15) is 0 Å². The van der Waals surface area contributed by atoms with E-state index in [0.717, 1.165) is 6.07 Å². The minimum atomic E-state index is -0.537. The molecule has 0 unspecified atom stereocenters. The van der Waals surface area contributed by atoms with Crippen molar-refractivity contribution in [3.05, 3.63) is 18.2 Å². The van der Waals surface area contributed by atoms with Crippen LogP contribution in [0, 0.1) is 11.8 Å². The van der Waals surface area contributed by atoms with Gasteiger partial charge in [-0.2, -0.15) is 0 Å². The summed E-state index contributed by atoms with van der Waals surface area (Å²) >= 11 is 0. The molecule has 0 spiro atoms. The molecule has 0 bridgehead atoms. The standard InChI is InChI=1S/C16H20N2O7/c19-11-7-14(22)17(15(11)23)8-9-1-3-10(4-2-9)16(24)25-18-12(20)5-6-13(18)21/h5-7,9-10,19-23H,1-4,8H2. The van der Waals surface area contributed by atoms with Gasteiger partial charge < -0.3 is 30.4 Å². The van der Waals surface area contributed by atoms with Crippen molar-refractivity contribution < 1.29 is 35.2 Å². The van der Waals surface area contributed by atoms with Gasteiger partial charge >= 0.3 is 5.97 Å². The lowest BCUT2D eigenvalue weighted by Crippen LogP contribution is -2.30. The zero-order valence-corrected chi connectivity index (χ0v) is 13.4. The highest BCUT2D eigenvalue weighted by Crippen LogP contribution is 2.37. The second-order valence-electron chi connectivity index (χ2n) is 6.29. The number of hydrogen-bond donors (Lipinski definition) is 5. The van der Waals surface area contributed by atoms with Crippen LogP contribution in [0.5, 0.6) is 29.3 Å². The second-order valence-corrected chi connectivity index (χ2v) is 6.29. The Morgan fingerprint density at radius 2 is 1.60 bits per heavy atom. The summed E-state index contributed by atoms with van der Waals surface area (Å²) < 4.78 is 1.90. The summed E-state index contributed by atoms with van der Waals surface area (Å²) in [6.45, 7) is 0.333. The summed E-state index contributed by atoms with van der Waals surface area (Å²) in [6.07, 6.45) is 2.42. The topological polar surface area (TPSA) is 137 Å². The molecule has 25 heavy (non-hydrogen) atoms. The first-order valence-electron chi connectivity index (χ1n) is 7.99. The van der Waals surface area contributed by atoms with Crippen molar-refractivity contribution in [2.45, 2.75) is 32.2 Å². The third-order valence-electron chi connectivity index (χ3n) is 4.63. The smallest absolute Gasteiger partial charge is 0.336 e. The zero-order chi connectivity index (χ0) is 18.1. The lowest BCUT2D eigenvalue weighted by atomic mass is 9.82. The van der Waals surface area contributed by atoms with E-state index in [4.69, 9.17) is 4.84 Å². The SMILES string of the molecule is O=C(On1c(O)ccc1O)C1CCC(Cn2c(O)cc(O)c2O)CC1. The van der Waals surface area contributed by atoms with Crippen molar-refractivity contribution >= 4 is 5.97 Å². The van der Waals surface area contributed by atoms with E-state index >= 15 is 0 Å². The molecule has 1 aliphatic carbocycles. The first kappa shape index (κ1) is 16.9. The van der Waals surface area contributed by atoms with Crippen LogP contribution in [0.2, 0.25) is 0 Å². The largest absolute Gasteiger partial charge is 0.503 e. The maximum absolute atomic E-state index is 12.2. The minimum absolute atomic E-state index is 0.126. The minimum Gasteiger partial charge on any atom is -0.503 e. The van der Waals surface area contributed by atoms with E-state index in [-0.39, 0.29) is 41.1 Å². The van der Waals surface area contributed by atoms with Crippen LogP contribution in [0.1, 0.15) is 25.7 Å². The Morgan fingerprint density at radius 1 is 1.00 bits per heavy atom. The van der Waals surface area contributed by atoms with E-state index in [9.17, 15) is 30.3 Å². The third-order valence-corrected chi connectivity index (χ3v) is 4.63.